The smallest absolute Gasteiger partial charge is 0.234 e. The van der Waals surface area contributed by atoms with Gasteiger partial charge in [0.1, 0.15) is 5.82 Å². The van der Waals surface area contributed by atoms with Crippen LogP contribution in [0.4, 0.5) is 10.1 Å². The summed E-state index contributed by atoms with van der Waals surface area (Å²) in [5, 5.41) is 0. The Morgan fingerprint density at radius 3 is 2.47 bits per heavy atom. The van der Waals surface area contributed by atoms with Gasteiger partial charge < -0.3 is 0 Å². The first-order valence-corrected chi connectivity index (χ1v) is 6.38. The summed E-state index contributed by atoms with van der Waals surface area (Å²) in [6.45, 7) is 3.59. The summed E-state index contributed by atoms with van der Waals surface area (Å²) in [5.41, 5.74) is 0.374. The summed E-state index contributed by atoms with van der Waals surface area (Å²) in [4.78, 5) is 0. The molecule has 0 bridgehead atoms. The molecule has 0 unspecified atom stereocenters. The molecule has 0 radical (unpaired) electrons. The van der Waals surface area contributed by atoms with Gasteiger partial charge >= 0.3 is 0 Å². The second kappa shape index (κ2) is 4.61. The molecule has 0 aliphatic carbocycles. The zero-order valence-corrected chi connectivity index (χ0v) is 9.59. The maximum atomic E-state index is 12.9. The molecule has 84 valence electrons. The third kappa shape index (κ3) is 2.68. The highest BCUT2D eigenvalue weighted by atomic mass is 32.2. The average molecular weight is 231 g/mol. The molecule has 3 nitrogen and oxygen atoms in total. The van der Waals surface area contributed by atoms with E-state index in [-0.39, 0.29) is 5.75 Å². The van der Waals surface area contributed by atoms with E-state index < -0.39 is 15.8 Å². The summed E-state index contributed by atoms with van der Waals surface area (Å²) in [6, 6.07) is 5.59. The van der Waals surface area contributed by atoms with Crippen molar-refractivity contribution in [2.75, 3.05) is 16.6 Å². The lowest BCUT2D eigenvalue weighted by molar-refractivity contribution is 0.592. The van der Waals surface area contributed by atoms with Gasteiger partial charge in [-0.15, -0.1) is 0 Å². The Morgan fingerprint density at radius 1 is 1.33 bits per heavy atom. The molecule has 0 spiro atoms. The van der Waals surface area contributed by atoms with Gasteiger partial charge in [0.25, 0.3) is 0 Å². The van der Waals surface area contributed by atoms with Gasteiger partial charge in [-0.05, 0) is 32.0 Å². The largest absolute Gasteiger partial charge is 0.270 e. The molecule has 1 aromatic rings. The summed E-state index contributed by atoms with van der Waals surface area (Å²) in [7, 11) is -3.31. The third-order valence-electron chi connectivity index (χ3n) is 2.08. The minimum Gasteiger partial charge on any atom is -0.270 e. The van der Waals surface area contributed by atoms with Gasteiger partial charge in [-0.25, -0.2) is 12.8 Å². The average Bonchev–Trinajstić information content (AvgIpc) is 2.18. The van der Waals surface area contributed by atoms with E-state index in [4.69, 9.17) is 0 Å². The first-order chi connectivity index (χ1) is 7.01. The Balaban J connectivity index is 3.14. The van der Waals surface area contributed by atoms with Gasteiger partial charge in [0.2, 0.25) is 10.0 Å². The standard InChI is InChI=1S/C10H14FNO2S/c1-3-12(15(13,14)4-2)10-7-5-6-9(11)8-10/h5-8H,3-4H2,1-2H3. The number of halogens is 1. The van der Waals surface area contributed by atoms with Crippen molar-refractivity contribution in [3.05, 3.63) is 30.1 Å². The topological polar surface area (TPSA) is 37.4 Å². The lowest BCUT2D eigenvalue weighted by atomic mass is 10.3. The second-order valence-corrected chi connectivity index (χ2v) is 5.23. The van der Waals surface area contributed by atoms with Crippen molar-refractivity contribution in [1.82, 2.24) is 0 Å². The molecule has 15 heavy (non-hydrogen) atoms. The minimum atomic E-state index is -3.31. The Morgan fingerprint density at radius 2 is 2.00 bits per heavy atom. The Bertz CT molecular complexity index is 431. The number of anilines is 1. The van der Waals surface area contributed by atoms with Crippen LogP contribution in [0.5, 0.6) is 0 Å². The van der Waals surface area contributed by atoms with Crippen molar-refractivity contribution in [3.8, 4) is 0 Å². The van der Waals surface area contributed by atoms with E-state index in [2.05, 4.69) is 0 Å². The van der Waals surface area contributed by atoms with Crippen LogP contribution in [-0.2, 0) is 10.0 Å². The summed E-state index contributed by atoms with van der Waals surface area (Å²) in [5.74, 6) is -0.422. The zero-order chi connectivity index (χ0) is 11.5. The molecule has 0 saturated carbocycles. The van der Waals surface area contributed by atoms with E-state index in [0.717, 1.165) is 0 Å². The second-order valence-electron chi connectivity index (χ2n) is 3.05. The number of hydrogen-bond donors (Lipinski definition) is 0. The van der Waals surface area contributed by atoms with Crippen molar-refractivity contribution >= 4 is 15.7 Å². The normalized spacial score (nSPS) is 11.4. The predicted molar refractivity (Wildman–Crippen MR) is 58.9 cm³/mol. The Labute approximate surface area is 89.6 Å². The molecule has 0 aromatic heterocycles. The van der Waals surface area contributed by atoms with Crippen LogP contribution in [0, 0.1) is 5.82 Å². The van der Waals surface area contributed by atoms with Gasteiger partial charge in [-0.3, -0.25) is 4.31 Å². The van der Waals surface area contributed by atoms with E-state index in [1.54, 1.807) is 19.9 Å². The van der Waals surface area contributed by atoms with Crippen molar-refractivity contribution < 1.29 is 12.8 Å². The van der Waals surface area contributed by atoms with Gasteiger partial charge in [0.05, 0.1) is 11.4 Å². The fourth-order valence-corrected chi connectivity index (χ4v) is 2.47. The molecule has 0 fully saturated rings. The Hall–Kier alpha value is -1.10. The Kier molecular flexibility index (Phi) is 3.68. The number of hydrogen-bond acceptors (Lipinski definition) is 2. The van der Waals surface area contributed by atoms with E-state index in [1.807, 2.05) is 0 Å². The third-order valence-corrected chi connectivity index (χ3v) is 3.95. The van der Waals surface area contributed by atoms with Crippen molar-refractivity contribution in [2.24, 2.45) is 0 Å². The van der Waals surface area contributed by atoms with E-state index in [0.29, 0.717) is 12.2 Å². The number of rotatable bonds is 4. The fourth-order valence-electron chi connectivity index (χ4n) is 1.33. The van der Waals surface area contributed by atoms with Crippen LogP contribution in [0.3, 0.4) is 0 Å². The number of benzene rings is 1. The van der Waals surface area contributed by atoms with E-state index in [1.165, 1.54) is 22.5 Å². The van der Waals surface area contributed by atoms with Crippen LogP contribution in [-0.4, -0.2) is 20.7 Å². The van der Waals surface area contributed by atoms with Gasteiger partial charge in [-0.1, -0.05) is 6.07 Å². The molecule has 0 aliphatic rings. The summed E-state index contributed by atoms with van der Waals surface area (Å²) < 4.78 is 37.4. The van der Waals surface area contributed by atoms with Crippen LogP contribution in [0.15, 0.2) is 24.3 Å². The first kappa shape index (κ1) is 12.0. The molecule has 0 saturated heterocycles. The van der Waals surface area contributed by atoms with E-state index >= 15 is 0 Å². The quantitative estimate of drug-likeness (QED) is 0.794. The zero-order valence-electron chi connectivity index (χ0n) is 8.77. The molecule has 5 heteroatoms. The van der Waals surface area contributed by atoms with Gasteiger partial charge in [-0.2, -0.15) is 0 Å². The van der Waals surface area contributed by atoms with Crippen molar-refractivity contribution in [2.45, 2.75) is 13.8 Å². The van der Waals surface area contributed by atoms with Crippen LogP contribution in [0.1, 0.15) is 13.8 Å². The minimum absolute atomic E-state index is 0.0113. The highest BCUT2D eigenvalue weighted by Crippen LogP contribution is 2.18. The molecule has 0 heterocycles. The van der Waals surface area contributed by atoms with Crippen molar-refractivity contribution in [3.63, 3.8) is 0 Å². The van der Waals surface area contributed by atoms with Crippen LogP contribution < -0.4 is 4.31 Å². The first-order valence-electron chi connectivity index (χ1n) is 4.77. The maximum Gasteiger partial charge on any atom is 0.234 e. The maximum absolute atomic E-state index is 12.9. The van der Waals surface area contributed by atoms with Crippen LogP contribution in [0.25, 0.3) is 0 Å². The lowest BCUT2D eigenvalue weighted by Gasteiger charge is -2.21. The monoisotopic (exact) mass is 231 g/mol. The molecular formula is C10H14FNO2S. The lowest BCUT2D eigenvalue weighted by Crippen LogP contribution is -2.32. The number of nitrogens with zero attached hydrogens (tertiary/aromatic N) is 1. The summed E-state index contributed by atoms with van der Waals surface area (Å²) >= 11 is 0. The van der Waals surface area contributed by atoms with Gasteiger partial charge in [0.15, 0.2) is 0 Å². The SMILES string of the molecule is CCN(c1cccc(F)c1)S(=O)(=O)CC. The van der Waals surface area contributed by atoms with E-state index in [9.17, 15) is 12.8 Å². The highest BCUT2D eigenvalue weighted by molar-refractivity contribution is 7.92. The molecular weight excluding hydrogens is 217 g/mol. The van der Waals surface area contributed by atoms with Crippen LogP contribution in [0.2, 0.25) is 0 Å². The number of sulfonamides is 1. The van der Waals surface area contributed by atoms with Crippen molar-refractivity contribution in [1.29, 1.82) is 0 Å². The molecule has 0 N–H and O–H groups in total. The highest BCUT2D eigenvalue weighted by Gasteiger charge is 2.18. The molecule has 0 aliphatic heterocycles. The summed E-state index contributed by atoms with van der Waals surface area (Å²) in [6.07, 6.45) is 0. The molecule has 0 amide bonds. The fraction of sp³-hybridized carbons (Fsp3) is 0.400. The van der Waals surface area contributed by atoms with Gasteiger partial charge in [0, 0.05) is 6.54 Å². The molecule has 0 atom stereocenters. The molecule has 1 rings (SSSR count). The molecule has 1 aromatic carbocycles. The van der Waals surface area contributed by atoms with Crippen LogP contribution >= 0.6 is 0 Å². The predicted octanol–water partition coefficient (Wildman–Crippen LogP) is 2.00.